The maximum absolute atomic E-state index is 11.9. The molecule has 0 amide bonds. The van der Waals surface area contributed by atoms with Gasteiger partial charge in [-0.3, -0.25) is 28.8 Å². The van der Waals surface area contributed by atoms with E-state index in [4.69, 9.17) is 116 Å². The molecule has 1 aliphatic heterocycles. The van der Waals surface area contributed by atoms with Crippen LogP contribution < -0.4 is 0 Å². The third-order valence-electron chi connectivity index (χ3n) is 11.3. The number of aliphatic hydroxyl groups excluding tert-OH is 3. The molecule has 106 heavy (non-hydrogen) atoms. The van der Waals surface area contributed by atoms with Crippen molar-refractivity contribution in [2.24, 2.45) is 0 Å². The number of carbonyl (C=O) groups excluding carboxylic acids is 12. The van der Waals surface area contributed by atoms with Crippen molar-refractivity contribution in [3.05, 3.63) is 0 Å². The fraction of sp³-hybridized carbons (Fsp3) is 0.750. The first-order valence-electron chi connectivity index (χ1n) is 30.4. The molecule has 0 spiro atoms. The van der Waals surface area contributed by atoms with Crippen molar-refractivity contribution in [2.45, 2.75) is 240 Å². The molecule has 1 fully saturated rings. The molecule has 1 rings (SSSR count). The quantitative estimate of drug-likeness (QED) is 0.0138. The van der Waals surface area contributed by atoms with Gasteiger partial charge in [0.25, 0.3) is 0 Å². The Hall–Kier alpha value is -6.49. The third-order valence-corrected chi connectivity index (χ3v) is 11.3. The summed E-state index contributed by atoms with van der Waals surface area (Å²) in [7, 11) is 11.2. The van der Waals surface area contributed by atoms with Crippen LogP contribution in [0.15, 0.2) is 0 Å². The fourth-order valence-electron chi connectivity index (χ4n) is 5.99. The molecule has 0 aromatic rings. The summed E-state index contributed by atoms with van der Waals surface area (Å²) in [6, 6.07) is 0. The summed E-state index contributed by atoms with van der Waals surface area (Å²) in [6.45, 7) is 17.7. The van der Waals surface area contributed by atoms with E-state index in [1.807, 2.05) is 0 Å². The standard InChI is InChI=1S/2C15H24O10.2C11H20O7.C4H4O3.C3H6O3.CH4.3Mg.3O/c2*1-8(23-12(18)7-6-11(16)17)13(19)24-9(2)14(20)25-10(3)15(21-4)22-5;2*1-6(12)9(13)17-7(2)10(14)18-8(3)11(15-4)16-5;5-3-1-2-4(6)7-3;1-2(4)3(5)6;;;;;;;/h2*8-10,15H,6-7H2,1-5H3,(H,16,17);2*6-8,11-12H,1-5H3;1-2H2;2,4H,1H3,(H,5,6);1H4;;;;;;. The van der Waals surface area contributed by atoms with Crippen molar-refractivity contribution >= 4 is 155 Å². The van der Waals surface area contributed by atoms with Gasteiger partial charge in [-0.05, 0) is 90.0 Å². The first-order chi connectivity index (χ1) is 48.8. The predicted molar refractivity (Wildman–Crippen MR) is 350 cm³/mol. The molecule has 0 saturated carbocycles. The van der Waals surface area contributed by atoms with Gasteiger partial charge in [0.2, 0.25) is 0 Å². The van der Waals surface area contributed by atoms with E-state index in [-0.39, 0.29) is 33.1 Å². The Kier molecular flexibility index (Phi) is 79.4. The van der Waals surface area contributed by atoms with Crippen molar-refractivity contribution in [3.63, 3.8) is 0 Å². The molecule has 0 aliphatic carbocycles. The average Bonchev–Trinajstić information content (AvgIpc) is 1.07. The SMILES string of the molecule is C.CC(O)C(=O)O.COC(OC)C(C)OC(=O)C(C)OC(=O)C(C)O.COC(OC)C(C)OC(=O)C(C)OC(=O)C(C)O.COC(OC)C(C)OC(=O)C(C)OC(=O)C(C)OC(=O)CCC(=O)O.COC(OC)C(C)OC(=O)C(C)OC(=O)C(C)OC(=O)CCC(=O)O.O=C1CCC(=O)O1.[O]=[Mg].[O]=[Mg].[O]=[Mg]. The molecule has 46 heteroatoms. The zero-order valence-corrected chi connectivity index (χ0v) is 66.7. The summed E-state index contributed by atoms with van der Waals surface area (Å²) in [5.74, 6) is -12.9. The van der Waals surface area contributed by atoms with Crippen LogP contribution >= 0.6 is 0 Å². The molecule has 13 atom stereocenters. The van der Waals surface area contributed by atoms with Crippen molar-refractivity contribution in [1.82, 2.24) is 0 Å². The van der Waals surface area contributed by atoms with Crippen LogP contribution in [0.5, 0.6) is 0 Å². The molecule has 13 unspecified atom stereocenters. The van der Waals surface area contributed by atoms with Crippen LogP contribution in [0.3, 0.4) is 0 Å². The summed E-state index contributed by atoms with van der Waals surface area (Å²) in [4.78, 5) is 165. The van der Waals surface area contributed by atoms with Gasteiger partial charge < -0.3 is 121 Å². The average molecular weight is 1580 g/mol. The zero-order valence-electron chi connectivity index (χ0n) is 62.5. The number of carboxylic acid groups (broad SMARTS) is 3. The number of carbonyl (C=O) groups is 15. The molecule has 606 valence electrons. The number of rotatable bonds is 37. The molecule has 1 aliphatic rings. The Morgan fingerprint density at radius 3 is 0.623 bits per heavy atom. The van der Waals surface area contributed by atoms with Gasteiger partial charge in [0.05, 0.1) is 38.5 Å². The third kappa shape index (κ3) is 62.5. The van der Waals surface area contributed by atoms with Gasteiger partial charge in [-0.1, -0.05) is 7.43 Å². The molecule has 0 bridgehead atoms. The molecule has 0 aromatic carbocycles. The Morgan fingerprint density at radius 2 is 0.481 bits per heavy atom. The number of aliphatic carboxylic acids is 3. The Morgan fingerprint density at radius 1 is 0.311 bits per heavy atom. The predicted octanol–water partition coefficient (Wildman–Crippen LogP) is -1.33. The van der Waals surface area contributed by atoms with E-state index in [1.54, 1.807) is 13.8 Å². The normalized spacial score (nSPS) is 14.4. The molecule has 0 radical (unpaired) electrons. The van der Waals surface area contributed by atoms with Crippen molar-refractivity contribution < 1.29 is 202 Å². The number of hydrogen-bond acceptors (Lipinski definition) is 40. The van der Waals surface area contributed by atoms with Crippen LogP contribution in [0.1, 0.15) is 136 Å². The summed E-state index contributed by atoms with van der Waals surface area (Å²) in [6.07, 6.45) is -17.9. The molecule has 6 N–H and O–H groups in total. The summed E-state index contributed by atoms with van der Waals surface area (Å²) in [5.41, 5.74) is 0. The second-order valence-corrected chi connectivity index (χ2v) is 20.0. The van der Waals surface area contributed by atoms with Gasteiger partial charge >= 0.3 is 164 Å². The maximum atomic E-state index is 11.9. The van der Waals surface area contributed by atoms with Crippen LogP contribution in [0, 0.1) is 0 Å². The first kappa shape index (κ1) is 118. The van der Waals surface area contributed by atoms with Gasteiger partial charge in [-0.25, -0.2) is 43.2 Å². The Balaban J connectivity index is -0.000000156. The van der Waals surface area contributed by atoms with Gasteiger partial charge in [-0.15, -0.1) is 0 Å². The van der Waals surface area contributed by atoms with E-state index in [0.29, 0.717) is 65.1 Å². The molecule has 1 saturated heterocycles. The topological polar surface area (TPSA) is 604 Å². The zero-order chi connectivity index (χ0) is 84.2. The molecule has 0 aromatic heterocycles. The number of ether oxygens (including phenoxy) is 19. The van der Waals surface area contributed by atoms with Gasteiger partial charge in [-0.2, -0.15) is 0 Å². The molecular weight excluding hydrogens is 1480 g/mol. The van der Waals surface area contributed by atoms with Crippen LogP contribution in [0.4, 0.5) is 0 Å². The van der Waals surface area contributed by atoms with E-state index in [0.717, 1.165) is 0 Å². The van der Waals surface area contributed by atoms with Crippen molar-refractivity contribution in [2.75, 3.05) is 56.9 Å². The number of carboxylic acids is 3. The Labute approximate surface area is 650 Å². The fourth-order valence-corrected chi connectivity index (χ4v) is 5.99. The minimum atomic E-state index is -1.29. The van der Waals surface area contributed by atoms with Crippen LogP contribution in [-0.4, -0.2) is 347 Å². The second kappa shape index (κ2) is 71.4. The van der Waals surface area contributed by atoms with Gasteiger partial charge in [0, 0.05) is 56.9 Å². The minimum absolute atomic E-state index is 0. The molecular formula is C60H102Mg3O43. The number of esters is 12. The first-order valence-corrected chi connectivity index (χ1v) is 32.1. The van der Waals surface area contributed by atoms with Crippen molar-refractivity contribution in [1.29, 1.82) is 0 Å². The van der Waals surface area contributed by atoms with Crippen molar-refractivity contribution in [3.8, 4) is 0 Å². The van der Waals surface area contributed by atoms with E-state index in [9.17, 15) is 71.9 Å². The van der Waals surface area contributed by atoms with E-state index >= 15 is 0 Å². The van der Waals surface area contributed by atoms with Crippen LogP contribution in [0.2, 0.25) is 0 Å². The number of aliphatic hydroxyl groups is 3. The summed E-state index contributed by atoms with van der Waals surface area (Å²) >= 11 is 1.83. The van der Waals surface area contributed by atoms with E-state index < -0.39 is 207 Å². The summed E-state index contributed by atoms with van der Waals surface area (Å²) in [5, 5.41) is 50.6. The number of cyclic esters (lactones) is 2. The monoisotopic (exact) mass is 1580 g/mol. The molecule has 43 nitrogen and oxygen atoms in total. The van der Waals surface area contributed by atoms with E-state index in [2.05, 4.69) is 14.2 Å². The number of methoxy groups -OCH3 is 8. The van der Waals surface area contributed by atoms with Crippen LogP contribution in [-0.2, 0) is 171 Å². The molecule has 1 heterocycles. The number of hydrogen-bond donors (Lipinski definition) is 6. The summed E-state index contributed by atoms with van der Waals surface area (Å²) < 4.78 is 117. The van der Waals surface area contributed by atoms with E-state index in [1.165, 1.54) is 133 Å². The Bertz CT molecular complexity index is 2380. The van der Waals surface area contributed by atoms with Crippen LogP contribution in [0.25, 0.3) is 0 Å². The van der Waals surface area contributed by atoms with Gasteiger partial charge in [0.1, 0.15) is 42.7 Å². The second-order valence-electron chi connectivity index (χ2n) is 20.0. The van der Waals surface area contributed by atoms with Gasteiger partial charge in [0.15, 0.2) is 61.8 Å².